The summed E-state index contributed by atoms with van der Waals surface area (Å²) in [6.07, 6.45) is 2.06. The maximum absolute atomic E-state index is 6.11. The Labute approximate surface area is 125 Å². The van der Waals surface area contributed by atoms with Crippen molar-refractivity contribution in [2.24, 2.45) is 0 Å². The summed E-state index contributed by atoms with van der Waals surface area (Å²) < 4.78 is 0. The van der Waals surface area contributed by atoms with E-state index in [1.54, 1.807) is 11.8 Å². The molecule has 0 fully saturated rings. The van der Waals surface area contributed by atoms with Crippen molar-refractivity contribution in [3.8, 4) is 11.1 Å². The lowest BCUT2D eigenvalue weighted by Crippen LogP contribution is -1.78. The highest BCUT2D eigenvalue weighted by molar-refractivity contribution is 7.98. The number of aromatic amines is 1. The molecule has 0 unspecified atom stereocenters. The van der Waals surface area contributed by atoms with Crippen molar-refractivity contribution >= 4 is 45.9 Å². The van der Waals surface area contributed by atoms with E-state index in [1.165, 1.54) is 5.56 Å². The number of halogens is 2. The minimum absolute atomic E-state index is 0.743. The average Bonchev–Trinajstić information content (AvgIpc) is 2.77. The second-order valence-electron chi connectivity index (χ2n) is 4.23. The molecule has 0 radical (unpaired) electrons. The first-order chi connectivity index (χ1) is 9.19. The van der Waals surface area contributed by atoms with Crippen molar-refractivity contribution in [2.45, 2.75) is 5.03 Å². The molecule has 4 heteroatoms. The number of hydrogen-bond donors (Lipinski definition) is 1. The average molecular weight is 308 g/mol. The minimum Gasteiger partial charge on any atom is -0.349 e. The Morgan fingerprint density at radius 1 is 0.947 bits per heavy atom. The molecule has 1 N–H and O–H groups in total. The molecule has 0 aliphatic rings. The van der Waals surface area contributed by atoms with E-state index in [4.69, 9.17) is 23.2 Å². The van der Waals surface area contributed by atoms with Crippen LogP contribution < -0.4 is 0 Å². The topological polar surface area (TPSA) is 15.8 Å². The second kappa shape index (κ2) is 5.12. The van der Waals surface area contributed by atoms with E-state index < -0.39 is 0 Å². The molecular weight excluding hydrogens is 297 g/mol. The molecule has 0 spiro atoms. The Bertz CT molecular complexity index is 732. The molecule has 1 heterocycles. The van der Waals surface area contributed by atoms with Gasteiger partial charge in [0.05, 0.1) is 5.03 Å². The van der Waals surface area contributed by atoms with Crippen LogP contribution in [-0.2, 0) is 0 Å². The van der Waals surface area contributed by atoms with Gasteiger partial charge >= 0.3 is 0 Å². The Morgan fingerprint density at radius 3 is 2.32 bits per heavy atom. The lowest BCUT2D eigenvalue weighted by atomic mass is 10.1. The van der Waals surface area contributed by atoms with Gasteiger partial charge in [-0.05, 0) is 42.2 Å². The zero-order valence-corrected chi connectivity index (χ0v) is 12.5. The molecule has 0 aliphatic carbocycles. The third-order valence-corrected chi connectivity index (χ3v) is 4.26. The largest absolute Gasteiger partial charge is 0.349 e. The first-order valence-corrected chi connectivity index (χ1v) is 7.78. The predicted molar refractivity (Wildman–Crippen MR) is 85.5 cm³/mol. The van der Waals surface area contributed by atoms with E-state index >= 15 is 0 Å². The molecule has 1 nitrogen and oxygen atoms in total. The van der Waals surface area contributed by atoms with E-state index in [9.17, 15) is 0 Å². The Morgan fingerprint density at radius 2 is 1.63 bits per heavy atom. The zero-order chi connectivity index (χ0) is 13.4. The van der Waals surface area contributed by atoms with Gasteiger partial charge in [0.2, 0.25) is 0 Å². The first kappa shape index (κ1) is 12.9. The number of thioether (sulfide) groups is 1. The normalized spacial score (nSPS) is 11.1. The van der Waals surface area contributed by atoms with Crippen LogP contribution in [-0.4, -0.2) is 11.2 Å². The predicted octanol–water partition coefficient (Wildman–Crippen LogP) is 5.86. The van der Waals surface area contributed by atoms with E-state index in [2.05, 4.69) is 11.2 Å². The van der Waals surface area contributed by atoms with Gasteiger partial charge in [0.15, 0.2) is 0 Å². The summed E-state index contributed by atoms with van der Waals surface area (Å²) in [6.45, 7) is 0. The highest BCUT2D eigenvalue weighted by atomic mass is 35.5. The number of nitrogens with one attached hydrogen (secondary N) is 1. The van der Waals surface area contributed by atoms with Crippen LogP contribution in [0.5, 0.6) is 0 Å². The molecule has 19 heavy (non-hydrogen) atoms. The highest BCUT2D eigenvalue weighted by Crippen LogP contribution is 2.38. The molecule has 0 atom stereocenters. The van der Waals surface area contributed by atoms with Gasteiger partial charge in [-0.3, -0.25) is 0 Å². The van der Waals surface area contributed by atoms with Crippen molar-refractivity contribution < 1.29 is 0 Å². The molecule has 0 aliphatic heterocycles. The molecule has 0 saturated heterocycles. The van der Waals surface area contributed by atoms with Gasteiger partial charge in [-0.15, -0.1) is 11.8 Å². The molecule has 0 bridgehead atoms. The fourth-order valence-electron chi connectivity index (χ4n) is 2.20. The van der Waals surface area contributed by atoms with Gasteiger partial charge in [0, 0.05) is 26.5 Å². The van der Waals surface area contributed by atoms with Crippen LogP contribution in [0.3, 0.4) is 0 Å². The summed E-state index contributed by atoms with van der Waals surface area (Å²) in [5.41, 5.74) is 3.42. The monoisotopic (exact) mass is 307 g/mol. The SMILES string of the molecule is CSc1[nH]c2ccc(Cl)cc2c1-c1ccc(Cl)cc1. The third-order valence-electron chi connectivity index (χ3n) is 3.06. The fourth-order valence-corrected chi connectivity index (χ4v) is 3.14. The Balaban J connectivity index is 2.31. The summed E-state index contributed by atoms with van der Waals surface area (Å²) in [7, 11) is 0. The van der Waals surface area contributed by atoms with Crippen LogP contribution >= 0.6 is 35.0 Å². The Hall–Kier alpha value is -1.09. The Kier molecular flexibility index (Phi) is 3.48. The molecule has 3 rings (SSSR count). The minimum atomic E-state index is 0.743. The molecule has 0 amide bonds. The van der Waals surface area contributed by atoms with Crippen LogP contribution in [0.1, 0.15) is 0 Å². The molecule has 1 aromatic heterocycles. The fraction of sp³-hybridized carbons (Fsp3) is 0.0667. The standard InChI is InChI=1S/C15H11Cl2NS/c1-19-15-14(9-2-4-10(16)5-3-9)12-8-11(17)6-7-13(12)18-15/h2-8,18H,1H3. The summed E-state index contributed by atoms with van der Waals surface area (Å²) in [6, 6.07) is 13.8. The van der Waals surface area contributed by atoms with E-state index in [0.717, 1.165) is 31.5 Å². The van der Waals surface area contributed by atoms with Gasteiger partial charge < -0.3 is 4.98 Å². The maximum atomic E-state index is 6.11. The van der Waals surface area contributed by atoms with Gasteiger partial charge in [0.25, 0.3) is 0 Å². The number of fused-ring (bicyclic) bond motifs is 1. The van der Waals surface area contributed by atoms with Crippen LogP contribution in [0.4, 0.5) is 0 Å². The zero-order valence-electron chi connectivity index (χ0n) is 10.2. The van der Waals surface area contributed by atoms with Crippen molar-refractivity contribution in [2.75, 3.05) is 6.26 Å². The molecule has 2 aromatic carbocycles. The molecular formula is C15H11Cl2NS. The number of H-pyrrole nitrogens is 1. The lowest BCUT2D eigenvalue weighted by molar-refractivity contribution is 1.25. The van der Waals surface area contributed by atoms with Crippen LogP contribution in [0, 0.1) is 0 Å². The van der Waals surface area contributed by atoms with E-state index in [1.807, 2.05) is 42.5 Å². The summed E-state index contributed by atoms with van der Waals surface area (Å²) in [5.74, 6) is 0. The maximum Gasteiger partial charge on any atom is 0.0809 e. The van der Waals surface area contributed by atoms with E-state index in [0.29, 0.717) is 0 Å². The summed E-state index contributed by atoms with van der Waals surface area (Å²) >= 11 is 13.8. The quantitative estimate of drug-likeness (QED) is 0.586. The van der Waals surface area contributed by atoms with Gasteiger partial charge in [0.1, 0.15) is 0 Å². The van der Waals surface area contributed by atoms with Crippen LogP contribution in [0.2, 0.25) is 10.0 Å². The van der Waals surface area contributed by atoms with Crippen molar-refractivity contribution in [3.63, 3.8) is 0 Å². The second-order valence-corrected chi connectivity index (χ2v) is 5.92. The van der Waals surface area contributed by atoms with Crippen LogP contribution in [0.15, 0.2) is 47.5 Å². The molecule has 96 valence electrons. The first-order valence-electron chi connectivity index (χ1n) is 5.80. The van der Waals surface area contributed by atoms with Crippen LogP contribution in [0.25, 0.3) is 22.0 Å². The summed E-state index contributed by atoms with van der Waals surface area (Å²) in [4.78, 5) is 3.43. The van der Waals surface area contributed by atoms with Crippen molar-refractivity contribution in [3.05, 3.63) is 52.5 Å². The lowest BCUT2D eigenvalue weighted by Gasteiger charge is -2.03. The summed E-state index contributed by atoms with van der Waals surface area (Å²) in [5, 5.41) is 3.76. The highest BCUT2D eigenvalue weighted by Gasteiger charge is 2.13. The van der Waals surface area contributed by atoms with Crippen molar-refractivity contribution in [1.29, 1.82) is 0 Å². The van der Waals surface area contributed by atoms with E-state index in [-0.39, 0.29) is 0 Å². The van der Waals surface area contributed by atoms with Gasteiger partial charge in [-0.2, -0.15) is 0 Å². The number of hydrogen-bond acceptors (Lipinski definition) is 1. The number of aromatic nitrogens is 1. The molecule has 0 saturated carbocycles. The number of rotatable bonds is 2. The number of benzene rings is 2. The van der Waals surface area contributed by atoms with Gasteiger partial charge in [-0.25, -0.2) is 0 Å². The van der Waals surface area contributed by atoms with Gasteiger partial charge in [-0.1, -0.05) is 35.3 Å². The van der Waals surface area contributed by atoms with Crippen molar-refractivity contribution in [1.82, 2.24) is 4.98 Å². The molecule has 3 aromatic rings. The third kappa shape index (κ3) is 2.36. The smallest absolute Gasteiger partial charge is 0.0809 e.